The van der Waals surface area contributed by atoms with E-state index in [1.165, 1.54) is 23.1 Å². The predicted molar refractivity (Wildman–Crippen MR) is 97.4 cm³/mol. The predicted octanol–water partition coefficient (Wildman–Crippen LogP) is 1.06. The van der Waals surface area contributed by atoms with Gasteiger partial charge in [0.25, 0.3) is 0 Å². The molecule has 0 radical (unpaired) electrons. The van der Waals surface area contributed by atoms with Gasteiger partial charge in [-0.3, -0.25) is 4.79 Å². The van der Waals surface area contributed by atoms with E-state index in [2.05, 4.69) is 10.2 Å². The van der Waals surface area contributed by atoms with Crippen molar-refractivity contribution < 1.29 is 24.3 Å². The number of aldehydes is 1. The van der Waals surface area contributed by atoms with Crippen molar-refractivity contribution in [2.45, 2.75) is 22.8 Å². The summed E-state index contributed by atoms with van der Waals surface area (Å²) in [5.41, 5.74) is 6.73. The molecule has 0 fully saturated rings. The number of aromatic nitrogens is 2. The quantitative estimate of drug-likeness (QED) is 0.513. The van der Waals surface area contributed by atoms with Crippen LogP contribution in [-0.2, 0) is 6.42 Å². The highest BCUT2D eigenvalue weighted by Gasteiger charge is 2.38. The molecule has 1 aromatic heterocycles. The van der Waals surface area contributed by atoms with Gasteiger partial charge < -0.3 is 25.3 Å². The molecule has 1 aliphatic rings. The lowest BCUT2D eigenvalue weighted by molar-refractivity contribution is 0.111. The summed E-state index contributed by atoms with van der Waals surface area (Å²) < 4.78 is 11.7. The molecule has 1 aliphatic heterocycles. The van der Waals surface area contributed by atoms with Gasteiger partial charge in [-0.2, -0.15) is 0 Å². The van der Waals surface area contributed by atoms with Crippen LogP contribution in [0.3, 0.4) is 0 Å². The first-order valence-electron chi connectivity index (χ1n) is 7.41. The number of aliphatic hydroxyl groups excluding tert-OH is 1. The highest BCUT2D eigenvalue weighted by molar-refractivity contribution is 8.02. The normalized spacial score (nSPS) is 15.5. The summed E-state index contributed by atoms with van der Waals surface area (Å²) in [7, 11) is -0.0619. The molecule has 1 unspecified atom stereocenters. The Bertz CT molecular complexity index is 730. The van der Waals surface area contributed by atoms with E-state index in [1.54, 1.807) is 6.07 Å². The molecule has 25 heavy (non-hydrogen) atoms. The first-order chi connectivity index (χ1) is 12.1. The molecule has 0 saturated carbocycles. The zero-order valence-corrected chi connectivity index (χ0v) is 15.3. The minimum absolute atomic E-state index is 0.257. The molecule has 4 N–H and O–H groups in total. The summed E-state index contributed by atoms with van der Waals surface area (Å²) in [5.74, 6) is 0.837. The van der Waals surface area contributed by atoms with Crippen LogP contribution in [0.2, 0.25) is 0 Å². The number of nitrogens with two attached hydrogens (primary N) is 1. The Morgan fingerprint density at radius 1 is 1.52 bits per heavy atom. The number of fused-ring (bicyclic) bond motifs is 1. The number of benzene rings is 1. The second-order valence-electron chi connectivity index (χ2n) is 4.79. The fourth-order valence-corrected chi connectivity index (χ4v) is 4.27. The lowest BCUT2D eigenvalue weighted by Gasteiger charge is -2.27. The number of anilines is 1. The molecule has 8 nitrogen and oxygen atoms in total. The van der Waals surface area contributed by atoms with Crippen LogP contribution in [0, 0.1) is 0 Å². The smallest absolute Gasteiger partial charge is 0.535 e. The van der Waals surface area contributed by atoms with Crippen molar-refractivity contribution in [2.75, 3.05) is 19.5 Å². The Morgan fingerprint density at radius 3 is 2.88 bits per heavy atom. The van der Waals surface area contributed by atoms with Crippen LogP contribution in [0.25, 0.3) is 0 Å². The van der Waals surface area contributed by atoms with Crippen molar-refractivity contribution in [3.05, 3.63) is 23.3 Å². The second-order valence-corrected chi connectivity index (χ2v) is 7.29. The lowest BCUT2D eigenvalue weighted by atomic mass is 9.77. The average Bonchev–Trinajstić information content (AvgIpc) is 3.03. The van der Waals surface area contributed by atoms with Crippen LogP contribution in [0.1, 0.15) is 22.8 Å². The van der Waals surface area contributed by atoms with Gasteiger partial charge in [0, 0.05) is 7.11 Å². The van der Waals surface area contributed by atoms with Gasteiger partial charge in [-0.05, 0) is 25.0 Å². The Labute approximate surface area is 153 Å². The fraction of sp³-hybridized carbons (Fsp3) is 0.357. The SMILES string of the molecule is CCOc1ccc2c(c1C=O)OB(O)C(Sc1nnc(N)s1)C2.CO. The van der Waals surface area contributed by atoms with Crippen molar-refractivity contribution in [1.29, 1.82) is 0 Å². The molecule has 0 bridgehead atoms. The van der Waals surface area contributed by atoms with E-state index in [4.69, 9.17) is 20.2 Å². The van der Waals surface area contributed by atoms with Crippen molar-refractivity contribution in [3.8, 4) is 11.5 Å². The second kappa shape index (κ2) is 9.04. The van der Waals surface area contributed by atoms with E-state index in [-0.39, 0.29) is 5.15 Å². The summed E-state index contributed by atoms with van der Waals surface area (Å²) in [6, 6.07) is 3.60. The molecular weight excluding hydrogens is 365 g/mol. The molecule has 3 rings (SSSR count). The molecule has 1 aromatic carbocycles. The summed E-state index contributed by atoms with van der Waals surface area (Å²) >= 11 is 2.61. The van der Waals surface area contributed by atoms with Crippen molar-refractivity contribution in [3.63, 3.8) is 0 Å². The third-order valence-electron chi connectivity index (χ3n) is 3.31. The molecule has 0 spiro atoms. The first kappa shape index (κ1) is 19.5. The number of hydrogen-bond acceptors (Lipinski definition) is 10. The summed E-state index contributed by atoms with van der Waals surface area (Å²) in [6.45, 7) is 2.28. The minimum Gasteiger partial charge on any atom is -0.535 e. The van der Waals surface area contributed by atoms with Crippen LogP contribution in [0.15, 0.2) is 16.5 Å². The van der Waals surface area contributed by atoms with E-state index in [0.717, 1.165) is 12.7 Å². The number of carbonyl (C=O) groups is 1. The fourth-order valence-electron chi connectivity index (χ4n) is 2.33. The van der Waals surface area contributed by atoms with Gasteiger partial charge in [-0.15, -0.1) is 10.2 Å². The van der Waals surface area contributed by atoms with Gasteiger partial charge in [-0.1, -0.05) is 29.2 Å². The Morgan fingerprint density at radius 2 is 2.28 bits per heavy atom. The monoisotopic (exact) mass is 383 g/mol. The number of thioether (sulfide) groups is 1. The van der Waals surface area contributed by atoms with Gasteiger partial charge in [0.1, 0.15) is 11.5 Å². The first-order valence-corrected chi connectivity index (χ1v) is 9.11. The van der Waals surface area contributed by atoms with Gasteiger partial charge in [0.05, 0.1) is 17.3 Å². The maximum absolute atomic E-state index is 11.4. The van der Waals surface area contributed by atoms with Gasteiger partial charge in [-0.25, -0.2) is 0 Å². The molecule has 2 heterocycles. The van der Waals surface area contributed by atoms with E-state index in [0.29, 0.717) is 45.8 Å². The summed E-state index contributed by atoms with van der Waals surface area (Å²) in [6.07, 6.45) is 1.23. The molecule has 2 aromatic rings. The van der Waals surface area contributed by atoms with Gasteiger partial charge in [0.2, 0.25) is 5.13 Å². The van der Waals surface area contributed by atoms with Crippen molar-refractivity contribution in [1.82, 2.24) is 10.2 Å². The van der Waals surface area contributed by atoms with E-state index >= 15 is 0 Å². The molecular formula is C14H18BN3O5S2. The number of ether oxygens (including phenoxy) is 1. The summed E-state index contributed by atoms with van der Waals surface area (Å²) in [4.78, 5) is 11.4. The average molecular weight is 383 g/mol. The number of nitrogen functional groups attached to an aromatic ring is 1. The minimum atomic E-state index is -1.06. The van der Waals surface area contributed by atoms with Gasteiger partial charge >= 0.3 is 7.12 Å². The molecule has 0 saturated heterocycles. The Balaban J connectivity index is 0.00000109. The third-order valence-corrected chi connectivity index (χ3v) is 5.38. The van der Waals surface area contributed by atoms with Crippen molar-refractivity contribution in [2.24, 2.45) is 0 Å². The number of carbonyl (C=O) groups excluding carboxylic acids is 1. The molecule has 1 atom stereocenters. The molecule has 0 aliphatic carbocycles. The standard InChI is InChI=1S/C13H14BN3O4S2.CH4O/c1-2-20-9-4-3-7-5-10(22-13-17-16-12(15)23-13)14(19)21-11(7)8(9)6-18;1-2/h3-4,6,10,19H,2,5H2,1H3,(H2,15,16);2H,1H3. The number of aliphatic hydroxyl groups is 1. The van der Waals surface area contributed by atoms with Crippen LogP contribution < -0.4 is 15.1 Å². The van der Waals surface area contributed by atoms with E-state index in [9.17, 15) is 9.82 Å². The Kier molecular flexibility index (Phi) is 7.06. The lowest BCUT2D eigenvalue weighted by Crippen LogP contribution is -2.40. The van der Waals surface area contributed by atoms with Crippen LogP contribution in [0.5, 0.6) is 11.5 Å². The Hall–Kier alpha value is -1.82. The highest BCUT2D eigenvalue weighted by Crippen LogP contribution is 2.39. The van der Waals surface area contributed by atoms with E-state index in [1.807, 2.05) is 13.0 Å². The summed E-state index contributed by atoms with van der Waals surface area (Å²) in [5, 5.41) is 25.1. The maximum atomic E-state index is 11.4. The number of nitrogens with zero attached hydrogens (tertiary/aromatic N) is 2. The zero-order valence-electron chi connectivity index (χ0n) is 13.7. The number of hydrogen-bond donors (Lipinski definition) is 3. The molecule has 11 heteroatoms. The largest absolute Gasteiger partial charge is 0.537 e. The molecule has 134 valence electrons. The maximum Gasteiger partial charge on any atom is 0.537 e. The van der Waals surface area contributed by atoms with Crippen LogP contribution in [0.4, 0.5) is 5.13 Å². The number of rotatable bonds is 5. The van der Waals surface area contributed by atoms with Crippen LogP contribution >= 0.6 is 23.1 Å². The van der Waals surface area contributed by atoms with Crippen molar-refractivity contribution >= 4 is 41.6 Å². The topological polar surface area (TPSA) is 128 Å². The molecule has 0 amide bonds. The van der Waals surface area contributed by atoms with Crippen LogP contribution in [-0.4, -0.2) is 52.6 Å². The highest BCUT2D eigenvalue weighted by atomic mass is 32.2. The van der Waals surface area contributed by atoms with E-state index < -0.39 is 7.12 Å². The van der Waals surface area contributed by atoms with Gasteiger partial charge in [0.15, 0.2) is 10.6 Å². The third kappa shape index (κ3) is 4.43. The zero-order chi connectivity index (χ0) is 18.4.